The molecule has 1 fully saturated rings. The van der Waals surface area contributed by atoms with Gasteiger partial charge in [-0.05, 0) is 18.6 Å². The highest BCUT2D eigenvalue weighted by Crippen LogP contribution is 2.24. The maximum Gasteiger partial charge on any atom is 0.261 e. The Kier molecular flexibility index (Phi) is 3.81. The molecular formula is C13H16FNO3. The average molecular weight is 253 g/mol. The largest absolute Gasteiger partial charge is 0.507 e. The third-order valence-electron chi connectivity index (χ3n) is 3.17. The summed E-state index contributed by atoms with van der Waals surface area (Å²) in [4.78, 5) is 13.9. The fraction of sp³-hybridized carbons (Fsp3) is 0.462. The van der Waals surface area contributed by atoms with Gasteiger partial charge in [0.05, 0.1) is 19.3 Å². The molecule has 0 aromatic heterocycles. The van der Waals surface area contributed by atoms with Crippen molar-refractivity contribution in [1.29, 1.82) is 0 Å². The van der Waals surface area contributed by atoms with E-state index < -0.39 is 11.7 Å². The standard InChI is InChI=1S/C13H16FNO3/c1-2-9-8-18-7-6-15(9)13(17)12-10(14)4-3-5-11(12)16/h3-5,9,16H,2,6-8H2,1H3. The molecule has 5 heteroatoms. The van der Waals surface area contributed by atoms with Crippen LogP contribution in [0.25, 0.3) is 0 Å². The number of halogens is 1. The maximum atomic E-state index is 13.6. The van der Waals surface area contributed by atoms with E-state index in [9.17, 15) is 14.3 Å². The summed E-state index contributed by atoms with van der Waals surface area (Å²) in [6.45, 7) is 3.26. The lowest BCUT2D eigenvalue weighted by atomic mass is 10.1. The van der Waals surface area contributed by atoms with Gasteiger partial charge in [-0.1, -0.05) is 13.0 Å². The Morgan fingerprint density at radius 2 is 2.39 bits per heavy atom. The highest BCUT2D eigenvalue weighted by molar-refractivity contribution is 5.97. The minimum absolute atomic E-state index is 0.0646. The molecule has 0 bridgehead atoms. The third kappa shape index (κ3) is 2.31. The van der Waals surface area contributed by atoms with E-state index in [0.29, 0.717) is 19.8 Å². The molecule has 0 radical (unpaired) electrons. The first-order chi connectivity index (χ1) is 8.65. The van der Waals surface area contributed by atoms with Crippen LogP contribution in [-0.4, -0.2) is 41.7 Å². The number of hydrogen-bond acceptors (Lipinski definition) is 3. The van der Waals surface area contributed by atoms with Gasteiger partial charge in [0.2, 0.25) is 0 Å². The number of aromatic hydroxyl groups is 1. The molecule has 1 saturated heterocycles. The predicted octanol–water partition coefficient (Wildman–Crippen LogP) is 1.78. The smallest absolute Gasteiger partial charge is 0.261 e. The van der Waals surface area contributed by atoms with Crippen molar-refractivity contribution in [2.24, 2.45) is 0 Å². The summed E-state index contributed by atoms with van der Waals surface area (Å²) in [6.07, 6.45) is 0.737. The monoisotopic (exact) mass is 253 g/mol. The first-order valence-electron chi connectivity index (χ1n) is 6.01. The van der Waals surface area contributed by atoms with Gasteiger partial charge in [-0.25, -0.2) is 4.39 Å². The summed E-state index contributed by atoms with van der Waals surface area (Å²) < 4.78 is 18.9. The quantitative estimate of drug-likeness (QED) is 0.874. The first kappa shape index (κ1) is 12.8. The average Bonchev–Trinajstić information content (AvgIpc) is 2.38. The molecule has 1 atom stereocenters. The molecule has 0 saturated carbocycles. The van der Waals surface area contributed by atoms with Crippen molar-refractivity contribution in [3.63, 3.8) is 0 Å². The van der Waals surface area contributed by atoms with Crippen LogP contribution in [0.3, 0.4) is 0 Å². The van der Waals surface area contributed by atoms with Gasteiger partial charge in [-0.2, -0.15) is 0 Å². The van der Waals surface area contributed by atoms with Crippen LogP contribution in [0.2, 0.25) is 0 Å². The molecule has 2 rings (SSSR count). The lowest BCUT2D eigenvalue weighted by Crippen LogP contribution is -2.48. The summed E-state index contributed by atoms with van der Waals surface area (Å²) in [6, 6.07) is 3.80. The lowest BCUT2D eigenvalue weighted by molar-refractivity contribution is -0.00317. The lowest BCUT2D eigenvalue weighted by Gasteiger charge is -2.35. The van der Waals surface area contributed by atoms with Gasteiger partial charge in [0.1, 0.15) is 17.1 Å². The van der Waals surface area contributed by atoms with Crippen LogP contribution < -0.4 is 0 Å². The number of rotatable bonds is 2. The topological polar surface area (TPSA) is 49.8 Å². The molecule has 1 amide bonds. The summed E-state index contributed by atoms with van der Waals surface area (Å²) in [7, 11) is 0. The molecule has 0 spiro atoms. The molecule has 4 nitrogen and oxygen atoms in total. The van der Waals surface area contributed by atoms with Gasteiger partial charge in [0.25, 0.3) is 5.91 Å². The van der Waals surface area contributed by atoms with Crippen molar-refractivity contribution in [3.05, 3.63) is 29.6 Å². The number of carbonyl (C=O) groups is 1. The highest BCUT2D eigenvalue weighted by Gasteiger charge is 2.29. The Bertz CT molecular complexity index is 430. The number of amides is 1. The molecular weight excluding hydrogens is 237 g/mol. The van der Waals surface area contributed by atoms with Crippen LogP contribution in [0.1, 0.15) is 23.7 Å². The number of ether oxygens (including phenoxy) is 1. The second-order valence-corrected chi connectivity index (χ2v) is 4.27. The van der Waals surface area contributed by atoms with Gasteiger partial charge in [0, 0.05) is 6.54 Å². The third-order valence-corrected chi connectivity index (χ3v) is 3.17. The van der Waals surface area contributed by atoms with E-state index in [-0.39, 0.29) is 17.4 Å². The Labute approximate surface area is 105 Å². The number of carbonyl (C=O) groups excluding carboxylic acids is 1. The second-order valence-electron chi connectivity index (χ2n) is 4.27. The molecule has 1 aromatic carbocycles. The van der Waals surface area contributed by atoms with Gasteiger partial charge in [-0.3, -0.25) is 4.79 Å². The highest BCUT2D eigenvalue weighted by atomic mass is 19.1. The Morgan fingerprint density at radius 3 is 3.06 bits per heavy atom. The normalized spacial score (nSPS) is 19.9. The molecule has 1 heterocycles. The summed E-state index contributed by atoms with van der Waals surface area (Å²) >= 11 is 0. The fourth-order valence-electron chi connectivity index (χ4n) is 2.13. The van der Waals surface area contributed by atoms with Crippen molar-refractivity contribution in [1.82, 2.24) is 4.90 Å². The maximum absolute atomic E-state index is 13.6. The van der Waals surface area contributed by atoms with Crippen molar-refractivity contribution in [2.45, 2.75) is 19.4 Å². The van der Waals surface area contributed by atoms with Gasteiger partial charge < -0.3 is 14.7 Å². The number of morpholine rings is 1. The molecule has 1 aromatic rings. The van der Waals surface area contributed by atoms with Crippen LogP contribution in [0.4, 0.5) is 4.39 Å². The summed E-state index contributed by atoms with van der Waals surface area (Å²) in [5, 5.41) is 9.63. The van der Waals surface area contributed by atoms with Crippen molar-refractivity contribution in [3.8, 4) is 5.75 Å². The van der Waals surface area contributed by atoms with Gasteiger partial charge >= 0.3 is 0 Å². The SMILES string of the molecule is CCC1COCCN1C(=O)c1c(O)cccc1F. The number of phenolic OH excluding ortho intramolecular Hbond substituents is 1. The number of nitrogens with zero attached hydrogens (tertiary/aromatic N) is 1. The van der Waals surface area contributed by atoms with Crippen LogP contribution >= 0.6 is 0 Å². The number of phenols is 1. The number of hydrogen-bond donors (Lipinski definition) is 1. The van der Waals surface area contributed by atoms with Gasteiger partial charge in [0.15, 0.2) is 0 Å². The Morgan fingerprint density at radius 1 is 1.61 bits per heavy atom. The first-order valence-corrected chi connectivity index (χ1v) is 6.01. The fourth-order valence-corrected chi connectivity index (χ4v) is 2.13. The zero-order chi connectivity index (χ0) is 13.1. The Balaban J connectivity index is 2.30. The molecule has 1 aliphatic heterocycles. The van der Waals surface area contributed by atoms with E-state index in [1.54, 1.807) is 4.90 Å². The van der Waals surface area contributed by atoms with Crippen LogP contribution in [0.15, 0.2) is 18.2 Å². The van der Waals surface area contributed by atoms with E-state index >= 15 is 0 Å². The molecule has 98 valence electrons. The zero-order valence-electron chi connectivity index (χ0n) is 10.2. The second kappa shape index (κ2) is 5.35. The molecule has 18 heavy (non-hydrogen) atoms. The van der Waals surface area contributed by atoms with E-state index in [1.165, 1.54) is 18.2 Å². The summed E-state index contributed by atoms with van der Waals surface area (Å²) in [5.74, 6) is -1.48. The molecule has 1 unspecified atom stereocenters. The minimum Gasteiger partial charge on any atom is -0.507 e. The van der Waals surface area contributed by atoms with Crippen LogP contribution in [-0.2, 0) is 4.74 Å². The van der Waals surface area contributed by atoms with Crippen molar-refractivity contribution < 1.29 is 19.0 Å². The van der Waals surface area contributed by atoms with Crippen LogP contribution in [0, 0.1) is 5.82 Å². The van der Waals surface area contributed by atoms with Crippen molar-refractivity contribution in [2.75, 3.05) is 19.8 Å². The van der Waals surface area contributed by atoms with E-state index in [1.807, 2.05) is 6.92 Å². The Hall–Kier alpha value is -1.62. The summed E-state index contributed by atoms with van der Waals surface area (Å²) in [5.41, 5.74) is -0.252. The number of benzene rings is 1. The van der Waals surface area contributed by atoms with Gasteiger partial charge in [-0.15, -0.1) is 0 Å². The van der Waals surface area contributed by atoms with Crippen molar-refractivity contribution >= 4 is 5.91 Å². The minimum atomic E-state index is -0.693. The zero-order valence-corrected chi connectivity index (χ0v) is 10.2. The van der Waals surface area contributed by atoms with Crippen LogP contribution in [0.5, 0.6) is 5.75 Å². The van der Waals surface area contributed by atoms with E-state index in [2.05, 4.69) is 0 Å². The van der Waals surface area contributed by atoms with E-state index in [0.717, 1.165) is 6.42 Å². The predicted molar refractivity (Wildman–Crippen MR) is 64.0 cm³/mol. The molecule has 1 aliphatic rings. The van der Waals surface area contributed by atoms with E-state index in [4.69, 9.17) is 4.74 Å². The molecule has 0 aliphatic carbocycles. The molecule has 1 N–H and O–H groups in total.